The van der Waals surface area contributed by atoms with Gasteiger partial charge >= 0.3 is 5.97 Å². The molecule has 0 radical (unpaired) electrons. The third kappa shape index (κ3) is 5.21. The summed E-state index contributed by atoms with van der Waals surface area (Å²) in [7, 11) is 0. The first-order chi connectivity index (χ1) is 14.9. The van der Waals surface area contributed by atoms with E-state index in [1.165, 1.54) is 0 Å². The van der Waals surface area contributed by atoms with E-state index in [-0.39, 0.29) is 24.3 Å². The van der Waals surface area contributed by atoms with Crippen molar-refractivity contribution in [2.45, 2.75) is 39.8 Å². The third-order valence-corrected chi connectivity index (χ3v) is 4.85. The van der Waals surface area contributed by atoms with E-state index in [0.29, 0.717) is 36.7 Å². The Labute approximate surface area is 181 Å². The highest BCUT2D eigenvalue weighted by atomic mass is 16.5. The second-order valence-electron chi connectivity index (χ2n) is 7.48. The van der Waals surface area contributed by atoms with E-state index in [4.69, 9.17) is 15.5 Å². The van der Waals surface area contributed by atoms with Gasteiger partial charge in [-0.1, -0.05) is 38.1 Å². The molecular formula is C23H29N5O3. The maximum Gasteiger partial charge on any atom is 0.325 e. The number of fused-ring (bicyclic) bond motifs is 1. The van der Waals surface area contributed by atoms with Crippen LogP contribution in [0.1, 0.15) is 53.9 Å². The number of ether oxygens (including phenoxy) is 1. The Balaban J connectivity index is 1.86. The summed E-state index contributed by atoms with van der Waals surface area (Å²) in [6.45, 7) is 6.98. The van der Waals surface area contributed by atoms with Crippen molar-refractivity contribution in [1.29, 1.82) is 0 Å². The van der Waals surface area contributed by atoms with E-state index >= 15 is 0 Å². The SMILES string of the molecule is CCOC(=O)CNc1c(C(C)C)nc2c(C(=O)NCc3cccc(CN)c3)cccn12. The van der Waals surface area contributed by atoms with E-state index in [0.717, 1.165) is 16.8 Å². The van der Waals surface area contributed by atoms with Crippen LogP contribution in [0.4, 0.5) is 5.82 Å². The highest BCUT2D eigenvalue weighted by molar-refractivity contribution is 6.00. The summed E-state index contributed by atoms with van der Waals surface area (Å²) in [5, 5.41) is 6.08. The number of imidazole rings is 1. The maximum atomic E-state index is 12.9. The standard InChI is InChI=1S/C23H29N5O3/c1-4-31-19(29)14-25-22-20(15(2)3)27-21-18(9-6-10-28(21)22)23(30)26-13-17-8-5-7-16(11-17)12-24/h5-11,15,25H,4,12-14,24H2,1-3H3,(H,26,30). The molecule has 1 aromatic carbocycles. The molecule has 2 heterocycles. The topological polar surface area (TPSA) is 111 Å². The van der Waals surface area contributed by atoms with Crippen LogP contribution in [0.15, 0.2) is 42.6 Å². The summed E-state index contributed by atoms with van der Waals surface area (Å²) in [5.74, 6) is 0.213. The van der Waals surface area contributed by atoms with Gasteiger partial charge in [0, 0.05) is 19.3 Å². The summed E-state index contributed by atoms with van der Waals surface area (Å²) < 4.78 is 6.81. The Bertz CT molecular complexity index is 1070. The molecule has 0 unspecified atom stereocenters. The average molecular weight is 424 g/mol. The first-order valence-electron chi connectivity index (χ1n) is 10.4. The molecule has 0 atom stereocenters. The summed E-state index contributed by atoms with van der Waals surface area (Å²) in [4.78, 5) is 29.5. The molecule has 1 amide bonds. The second-order valence-corrected chi connectivity index (χ2v) is 7.48. The Hall–Kier alpha value is -3.39. The van der Waals surface area contributed by atoms with Crippen LogP contribution < -0.4 is 16.4 Å². The zero-order valence-electron chi connectivity index (χ0n) is 18.1. The van der Waals surface area contributed by atoms with Gasteiger partial charge < -0.3 is 21.1 Å². The van der Waals surface area contributed by atoms with Crippen molar-refractivity contribution >= 4 is 23.3 Å². The van der Waals surface area contributed by atoms with Crippen molar-refractivity contribution in [3.05, 3.63) is 65.0 Å². The molecular weight excluding hydrogens is 394 g/mol. The van der Waals surface area contributed by atoms with Crippen LogP contribution in [0, 0.1) is 0 Å². The third-order valence-electron chi connectivity index (χ3n) is 4.85. The minimum atomic E-state index is -0.347. The fraction of sp³-hybridized carbons (Fsp3) is 0.348. The van der Waals surface area contributed by atoms with Crippen LogP contribution in [0.25, 0.3) is 5.65 Å². The number of benzene rings is 1. The summed E-state index contributed by atoms with van der Waals surface area (Å²) in [6.07, 6.45) is 1.82. The lowest BCUT2D eigenvalue weighted by Crippen LogP contribution is -2.23. The van der Waals surface area contributed by atoms with E-state index in [2.05, 4.69) is 10.6 Å². The molecule has 3 rings (SSSR count). The zero-order chi connectivity index (χ0) is 22.4. The number of carbonyl (C=O) groups is 2. The Kier molecular flexibility index (Phi) is 7.25. The smallest absolute Gasteiger partial charge is 0.325 e. The molecule has 8 nitrogen and oxygen atoms in total. The minimum Gasteiger partial charge on any atom is -0.465 e. The number of nitrogens with two attached hydrogens (primary N) is 1. The number of nitrogens with one attached hydrogen (secondary N) is 2. The van der Waals surface area contributed by atoms with Gasteiger partial charge in [-0.15, -0.1) is 0 Å². The molecule has 0 saturated carbocycles. The van der Waals surface area contributed by atoms with Crippen molar-refractivity contribution in [3.8, 4) is 0 Å². The fourth-order valence-electron chi connectivity index (χ4n) is 3.35. The average Bonchev–Trinajstić information content (AvgIpc) is 3.15. The van der Waals surface area contributed by atoms with Crippen molar-refractivity contribution in [2.24, 2.45) is 5.73 Å². The van der Waals surface area contributed by atoms with Crippen LogP contribution >= 0.6 is 0 Å². The molecule has 0 aliphatic heterocycles. The summed E-state index contributed by atoms with van der Waals surface area (Å²) in [5.41, 5.74) is 9.46. The number of amides is 1. The lowest BCUT2D eigenvalue weighted by atomic mass is 10.1. The monoisotopic (exact) mass is 423 g/mol. The van der Waals surface area contributed by atoms with Crippen LogP contribution in [0.2, 0.25) is 0 Å². The molecule has 8 heteroatoms. The summed E-state index contributed by atoms with van der Waals surface area (Å²) in [6, 6.07) is 11.3. The Morgan fingerprint density at radius 2 is 1.97 bits per heavy atom. The molecule has 2 aromatic heterocycles. The molecule has 0 spiro atoms. The number of carbonyl (C=O) groups excluding carboxylic acids is 2. The van der Waals surface area contributed by atoms with Gasteiger partial charge in [-0.3, -0.25) is 14.0 Å². The van der Waals surface area contributed by atoms with Crippen LogP contribution in [-0.4, -0.2) is 34.4 Å². The number of aromatic nitrogens is 2. The largest absolute Gasteiger partial charge is 0.465 e. The molecule has 4 N–H and O–H groups in total. The lowest BCUT2D eigenvalue weighted by Gasteiger charge is -2.10. The number of rotatable bonds is 9. The number of pyridine rings is 1. The first-order valence-corrected chi connectivity index (χ1v) is 10.4. The van der Waals surface area contributed by atoms with Gasteiger partial charge in [0.1, 0.15) is 12.4 Å². The molecule has 3 aromatic rings. The van der Waals surface area contributed by atoms with Crippen LogP contribution in [-0.2, 0) is 22.6 Å². The van der Waals surface area contributed by atoms with E-state index in [9.17, 15) is 9.59 Å². The Morgan fingerprint density at radius 3 is 2.68 bits per heavy atom. The highest BCUT2D eigenvalue weighted by Gasteiger charge is 2.20. The number of anilines is 1. The van der Waals surface area contributed by atoms with Crippen LogP contribution in [0.5, 0.6) is 0 Å². The van der Waals surface area contributed by atoms with Gasteiger partial charge in [-0.05, 0) is 36.1 Å². The quantitative estimate of drug-likeness (QED) is 0.457. The Morgan fingerprint density at radius 1 is 1.19 bits per heavy atom. The van der Waals surface area contributed by atoms with Gasteiger partial charge in [-0.2, -0.15) is 0 Å². The number of hydrogen-bond acceptors (Lipinski definition) is 6. The first kappa shape index (κ1) is 22.3. The van der Waals surface area contributed by atoms with E-state index in [1.54, 1.807) is 23.5 Å². The summed E-state index contributed by atoms with van der Waals surface area (Å²) >= 11 is 0. The van der Waals surface area contributed by atoms with Gasteiger partial charge in [0.05, 0.1) is 17.9 Å². The normalized spacial score (nSPS) is 11.0. The van der Waals surface area contributed by atoms with Crippen molar-refractivity contribution in [3.63, 3.8) is 0 Å². The predicted octanol–water partition coefficient (Wildman–Crippen LogP) is 2.82. The van der Waals surface area contributed by atoms with Crippen LogP contribution in [0.3, 0.4) is 0 Å². The second kappa shape index (κ2) is 10.1. The molecule has 0 aliphatic carbocycles. The minimum absolute atomic E-state index is 0.0231. The van der Waals surface area contributed by atoms with Crippen molar-refractivity contribution in [1.82, 2.24) is 14.7 Å². The predicted molar refractivity (Wildman–Crippen MR) is 120 cm³/mol. The zero-order valence-corrected chi connectivity index (χ0v) is 18.1. The maximum absolute atomic E-state index is 12.9. The molecule has 31 heavy (non-hydrogen) atoms. The molecule has 0 aliphatic rings. The molecule has 0 fully saturated rings. The highest BCUT2D eigenvalue weighted by Crippen LogP contribution is 2.27. The number of esters is 1. The lowest BCUT2D eigenvalue weighted by molar-refractivity contribution is -0.140. The molecule has 0 bridgehead atoms. The van der Waals surface area contributed by atoms with Gasteiger partial charge in [0.2, 0.25) is 0 Å². The van der Waals surface area contributed by atoms with Crippen molar-refractivity contribution in [2.75, 3.05) is 18.5 Å². The van der Waals surface area contributed by atoms with Gasteiger partial charge in [0.25, 0.3) is 5.91 Å². The number of nitrogens with zero attached hydrogens (tertiary/aromatic N) is 2. The van der Waals surface area contributed by atoms with E-state index in [1.807, 2.05) is 44.3 Å². The number of hydrogen-bond donors (Lipinski definition) is 3. The fourth-order valence-corrected chi connectivity index (χ4v) is 3.35. The molecule has 164 valence electrons. The van der Waals surface area contributed by atoms with Crippen molar-refractivity contribution < 1.29 is 14.3 Å². The van der Waals surface area contributed by atoms with Gasteiger partial charge in [-0.25, -0.2) is 4.98 Å². The van der Waals surface area contributed by atoms with E-state index < -0.39 is 0 Å². The molecule has 0 saturated heterocycles. The van der Waals surface area contributed by atoms with Gasteiger partial charge in [0.15, 0.2) is 5.65 Å².